The minimum atomic E-state index is -3.64. The first-order chi connectivity index (χ1) is 9.90. The van der Waals surface area contributed by atoms with Crippen LogP contribution in [-0.4, -0.2) is 24.6 Å². The number of nitrogens with one attached hydrogen (secondary N) is 1. The largest absolute Gasteiger partial charge is 0.392 e. The van der Waals surface area contributed by atoms with Crippen LogP contribution in [0.15, 0.2) is 35.5 Å². The molecule has 2 heterocycles. The number of aliphatic hydroxyl groups is 1. The fraction of sp³-hybridized carbons (Fsp3) is 0.357. The van der Waals surface area contributed by atoms with Crippen molar-refractivity contribution in [3.63, 3.8) is 0 Å². The van der Waals surface area contributed by atoms with E-state index in [0.29, 0.717) is 12.0 Å². The molecule has 2 rings (SSSR count). The molecule has 0 aliphatic heterocycles. The van der Waals surface area contributed by atoms with E-state index >= 15 is 0 Å². The number of thiophene rings is 1. The molecule has 0 fully saturated rings. The van der Waals surface area contributed by atoms with Crippen molar-refractivity contribution in [1.29, 1.82) is 0 Å². The second-order valence-electron chi connectivity index (χ2n) is 4.90. The molecule has 2 aromatic rings. The monoisotopic (exact) mass is 326 g/mol. The van der Waals surface area contributed by atoms with Gasteiger partial charge in [-0.25, -0.2) is 18.1 Å². The zero-order valence-electron chi connectivity index (χ0n) is 11.9. The van der Waals surface area contributed by atoms with E-state index < -0.39 is 10.0 Å². The lowest BCUT2D eigenvalue weighted by Crippen LogP contribution is -2.34. The van der Waals surface area contributed by atoms with Crippen LogP contribution < -0.4 is 4.72 Å². The van der Waals surface area contributed by atoms with Crippen LogP contribution in [0.2, 0.25) is 0 Å². The van der Waals surface area contributed by atoms with E-state index in [2.05, 4.69) is 9.71 Å². The Morgan fingerprint density at radius 3 is 2.62 bits per heavy atom. The number of rotatable bonds is 6. The fourth-order valence-corrected chi connectivity index (χ4v) is 4.12. The van der Waals surface area contributed by atoms with Gasteiger partial charge < -0.3 is 5.11 Å². The molecule has 5 nitrogen and oxygen atoms in total. The molecular formula is C14H18N2O3S2. The van der Waals surface area contributed by atoms with Crippen molar-refractivity contribution in [3.05, 3.63) is 45.8 Å². The van der Waals surface area contributed by atoms with Crippen LogP contribution in [-0.2, 0) is 23.1 Å². The number of aromatic nitrogens is 1. The third kappa shape index (κ3) is 4.34. The molecule has 1 atom stereocenters. The van der Waals surface area contributed by atoms with Gasteiger partial charge in [0, 0.05) is 22.0 Å². The Labute approximate surface area is 128 Å². The second kappa shape index (κ2) is 6.65. The first kappa shape index (κ1) is 16.1. The highest BCUT2D eigenvalue weighted by molar-refractivity contribution is 7.89. The predicted octanol–water partition coefficient (Wildman–Crippen LogP) is 1.85. The van der Waals surface area contributed by atoms with E-state index in [-0.39, 0.29) is 17.7 Å². The number of aliphatic hydroxyl groups excluding tert-OH is 1. The van der Waals surface area contributed by atoms with Crippen molar-refractivity contribution in [3.8, 4) is 0 Å². The molecule has 0 radical (unpaired) electrons. The van der Waals surface area contributed by atoms with Crippen molar-refractivity contribution in [2.75, 3.05) is 0 Å². The summed E-state index contributed by atoms with van der Waals surface area (Å²) in [6, 6.07) is 6.77. The topological polar surface area (TPSA) is 79.3 Å². The third-order valence-electron chi connectivity index (χ3n) is 2.92. The lowest BCUT2D eigenvalue weighted by atomic mass is 10.2. The number of aryl methyl sites for hydroxylation is 1. The lowest BCUT2D eigenvalue weighted by molar-refractivity contribution is 0.281. The van der Waals surface area contributed by atoms with Crippen LogP contribution in [0.4, 0.5) is 0 Å². The van der Waals surface area contributed by atoms with Gasteiger partial charge in [0.1, 0.15) is 0 Å². The zero-order valence-corrected chi connectivity index (χ0v) is 13.5. The van der Waals surface area contributed by atoms with E-state index in [1.807, 2.05) is 26.0 Å². The maximum atomic E-state index is 12.2. The fourth-order valence-electron chi connectivity index (χ4n) is 1.93. The van der Waals surface area contributed by atoms with E-state index in [1.54, 1.807) is 17.4 Å². The smallest absolute Gasteiger partial charge is 0.258 e. The van der Waals surface area contributed by atoms with Crippen LogP contribution in [0.5, 0.6) is 0 Å². The van der Waals surface area contributed by atoms with Gasteiger partial charge in [-0.2, -0.15) is 0 Å². The molecule has 1 unspecified atom stereocenters. The SMILES string of the molecule is Cc1ccc(CC(C)NS(=O)(=O)c2ccc(CO)cn2)s1. The van der Waals surface area contributed by atoms with Gasteiger partial charge in [-0.1, -0.05) is 6.07 Å². The Kier molecular flexibility index (Phi) is 5.10. The third-order valence-corrected chi connectivity index (χ3v) is 5.44. The number of hydrogen-bond acceptors (Lipinski definition) is 5. The average Bonchev–Trinajstić information content (AvgIpc) is 2.83. The summed E-state index contributed by atoms with van der Waals surface area (Å²) in [5, 5.41) is 8.91. The quantitative estimate of drug-likeness (QED) is 0.849. The zero-order chi connectivity index (χ0) is 15.5. The molecule has 0 amide bonds. The highest BCUT2D eigenvalue weighted by atomic mass is 32.2. The Balaban J connectivity index is 2.05. The van der Waals surface area contributed by atoms with E-state index in [0.717, 1.165) is 4.88 Å². The summed E-state index contributed by atoms with van der Waals surface area (Å²) >= 11 is 1.66. The summed E-state index contributed by atoms with van der Waals surface area (Å²) in [5.74, 6) is 0. The summed E-state index contributed by atoms with van der Waals surface area (Å²) in [6.45, 7) is 3.69. The van der Waals surface area contributed by atoms with Crippen molar-refractivity contribution in [2.45, 2.75) is 37.9 Å². The molecule has 0 aliphatic rings. The second-order valence-corrected chi connectivity index (χ2v) is 7.93. The summed E-state index contributed by atoms with van der Waals surface area (Å²) in [4.78, 5) is 6.23. The minimum absolute atomic E-state index is 0.0334. The van der Waals surface area contributed by atoms with Gasteiger partial charge in [0.05, 0.1) is 6.61 Å². The van der Waals surface area contributed by atoms with Crippen molar-refractivity contribution >= 4 is 21.4 Å². The number of sulfonamides is 1. The normalized spacial score (nSPS) is 13.3. The molecule has 2 aromatic heterocycles. The first-order valence-corrected chi connectivity index (χ1v) is 8.84. The van der Waals surface area contributed by atoms with Crippen molar-refractivity contribution < 1.29 is 13.5 Å². The van der Waals surface area contributed by atoms with E-state index in [4.69, 9.17) is 5.11 Å². The Bertz CT molecular complexity index is 693. The van der Waals surface area contributed by atoms with Gasteiger partial charge in [-0.05, 0) is 44.0 Å². The van der Waals surface area contributed by atoms with Crippen molar-refractivity contribution in [1.82, 2.24) is 9.71 Å². The predicted molar refractivity (Wildman–Crippen MR) is 82.7 cm³/mol. The van der Waals surface area contributed by atoms with Crippen LogP contribution >= 0.6 is 11.3 Å². The molecule has 0 saturated carbocycles. The maximum Gasteiger partial charge on any atom is 0.258 e. The van der Waals surface area contributed by atoms with Crippen LogP contribution in [0.1, 0.15) is 22.2 Å². The molecule has 0 aromatic carbocycles. The molecule has 21 heavy (non-hydrogen) atoms. The van der Waals surface area contributed by atoms with Crippen LogP contribution in [0.3, 0.4) is 0 Å². The van der Waals surface area contributed by atoms with Crippen LogP contribution in [0, 0.1) is 6.92 Å². The maximum absolute atomic E-state index is 12.2. The molecule has 0 spiro atoms. The Morgan fingerprint density at radius 1 is 1.33 bits per heavy atom. The highest BCUT2D eigenvalue weighted by Gasteiger charge is 2.19. The molecule has 0 bridgehead atoms. The molecule has 0 saturated heterocycles. The van der Waals surface area contributed by atoms with E-state index in [1.165, 1.54) is 17.1 Å². The van der Waals surface area contributed by atoms with Crippen molar-refractivity contribution in [2.24, 2.45) is 0 Å². The molecular weight excluding hydrogens is 308 g/mol. The summed E-state index contributed by atoms with van der Waals surface area (Å²) < 4.78 is 27.0. The van der Waals surface area contributed by atoms with Crippen LogP contribution in [0.25, 0.3) is 0 Å². The molecule has 2 N–H and O–H groups in total. The highest BCUT2D eigenvalue weighted by Crippen LogP contribution is 2.17. The van der Waals surface area contributed by atoms with Gasteiger partial charge in [0.2, 0.25) is 0 Å². The van der Waals surface area contributed by atoms with Gasteiger partial charge in [0.15, 0.2) is 5.03 Å². The number of nitrogens with zero attached hydrogens (tertiary/aromatic N) is 1. The summed E-state index contributed by atoms with van der Waals surface area (Å²) in [6.07, 6.45) is 2.01. The molecule has 0 aliphatic carbocycles. The first-order valence-electron chi connectivity index (χ1n) is 6.54. The Morgan fingerprint density at radius 2 is 2.10 bits per heavy atom. The standard InChI is InChI=1S/C14H18N2O3S2/c1-10(7-13-5-3-11(2)20-13)16-21(18,19)14-6-4-12(9-17)8-15-14/h3-6,8,10,16-17H,7,9H2,1-2H3. The Hall–Kier alpha value is -1.28. The van der Waals surface area contributed by atoms with E-state index in [9.17, 15) is 8.42 Å². The van der Waals surface area contributed by atoms with Gasteiger partial charge in [-0.15, -0.1) is 11.3 Å². The van der Waals surface area contributed by atoms with Gasteiger partial charge >= 0.3 is 0 Å². The number of hydrogen-bond donors (Lipinski definition) is 2. The van der Waals surface area contributed by atoms with Gasteiger partial charge in [-0.3, -0.25) is 0 Å². The minimum Gasteiger partial charge on any atom is -0.392 e. The lowest BCUT2D eigenvalue weighted by Gasteiger charge is -2.13. The number of pyridine rings is 1. The molecule has 7 heteroatoms. The van der Waals surface area contributed by atoms with Gasteiger partial charge in [0.25, 0.3) is 10.0 Å². The average molecular weight is 326 g/mol. The summed E-state index contributed by atoms with van der Waals surface area (Å²) in [7, 11) is -3.64. The summed E-state index contributed by atoms with van der Waals surface area (Å²) in [5.41, 5.74) is 0.580. The molecule has 114 valence electrons.